The molecule has 2 aliphatic heterocycles. The van der Waals surface area contributed by atoms with E-state index in [4.69, 9.17) is 27.9 Å². The largest absolute Gasteiger partial charge is 0.508 e. The Bertz CT molecular complexity index is 2160. The lowest BCUT2D eigenvalue weighted by Gasteiger charge is -2.50. The highest BCUT2D eigenvalue weighted by Gasteiger charge is 2.70. The topological polar surface area (TPSA) is 116 Å². The molecule has 6 atom stereocenters. The number of benzene rings is 4. The Kier molecular flexibility index (Phi) is 8.24. The van der Waals surface area contributed by atoms with Gasteiger partial charge in [0.1, 0.15) is 11.5 Å². The van der Waals surface area contributed by atoms with Gasteiger partial charge in [-0.3, -0.25) is 29.5 Å². The van der Waals surface area contributed by atoms with Crippen molar-refractivity contribution in [2.45, 2.75) is 24.2 Å². The van der Waals surface area contributed by atoms with Crippen LogP contribution in [-0.2, 0) is 24.6 Å². The van der Waals surface area contributed by atoms with E-state index in [-0.39, 0.29) is 35.4 Å². The standard InChI is InChI=1S/C39H30BrCl2N3O6/c1-51-24-11-7-20(8-12-24)39-29(36(48)45(38(39)50)43-31-15-10-22(41)18-30(31)42)19-27-25(34(39)28-17-21(40)9-16-32(28)46)13-14-26-33(27)37(49)44(35(26)47)23-5-3-2-4-6-23/h2-13,15-18,26-27,29,33-34,43,46H,14,19H2,1H3/t26-,27+,29-,33-,34+,39+/m0/s1. The lowest BCUT2D eigenvalue weighted by Crippen LogP contribution is -2.53. The van der Waals surface area contributed by atoms with Crippen LogP contribution in [0.2, 0.25) is 10.0 Å². The fourth-order valence-corrected chi connectivity index (χ4v) is 9.61. The molecule has 2 heterocycles. The zero-order valence-corrected chi connectivity index (χ0v) is 30.2. The van der Waals surface area contributed by atoms with Crippen LogP contribution < -0.4 is 15.1 Å². The number of imide groups is 2. The number of hydrazine groups is 1. The number of ether oxygens (including phenoxy) is 1. The van der Waals surface area contributed by atoms with Gasteiger partial charge < -0.3 is 9.84 Å². The number of para-hydroxylation sites is 1. The molecule has 4 aliphatic rings. The predicted octanol–water partition coefficient (Wildman–Crippen LogP) is 7.66. The molecule has 1 saturated carbocycles. The fraction of sp³-hybridized carbons (Fsp3) is 0.231. The van der Waals surface area contributed by atoms with Gasteiger partial charge in [0.05, 0.1) is 46.7 Å². The van der Waals surface area contributed by atoms with E-state index in [2.05, 4.69) is 21.4 Å². The van der Waals surface area contributed by atoms with Crippen molar-refractivity contribution < 1.29 is 29.0 Å². The molecule has 8 rings (SSSR count). The fourth-order valence-electron chi connectivity index (χ4n) is 8.78. The summed E-state index contributed by atoms with van der Waals surface area (Å²) in [6.07, 6.45) is 2.30. The molecule has 4 aromatic rings. The van der Waals surface area contributed by atoms with Crippen LogP contribution in [0.4, 0.5) is 11.4 Å². The van der Waals surface area contributed by atoms with Crippen molar-refractivity contribution in [1.29, 1.82) is 0 Å². The van der Waals surface area contributed by atoms with E-state index in [1.807, 2.05) is 12.1 Å². The van der Waals surface area contributed by atoms with Gasteiger partial charge in [-0.05, 0) is 85.0 Å². The van der Waals surface area contributed by atoms with Gasteiger partial charge in [-0.1, -0.05) is 81.1 Å². The first-order chi connectivity index (χ1) is 24.6. The lowest BCUT2D eigenvalue weighted by molar-refractivity contribution is -0.138. The number of rotatable bonds is 6. The number of allylic oxidation sites excluding steroid dienone is 2. The summed E-state index contributed by atoms with van der Waals surface area (Å²) in [6, 6.07) is 25.5. The molecular formula is C39H30BrCl2N3O6. The quantitative estimate of drug-likeness (QED) is 0.152. The highest BCUT2D eigenvalue weighted by atomic mass is 79.9. The normalized spacial score (nSPS) is 26.8. The number of hydrogen-bond acceptors (Lipinski definition) is 7. The van der Waals surface area contributed by atoms with Gasteiger partial charge in [-0.25, -0.2) is 0 Å². The molecule has 0 bridgehead atoms. The molecule has 3 fully saturated rings. The Balaban J connectivity index is 1.35. The minimum absolute atomic E-state index is 0.0781. The van der Waals surface area contributed by atoms with Gasteiger partial charge in [0.2, 0.25) is 11.8 Å². The molecule has 51 heavy (non-hydrogen) atoms. The van der Waals surface area contributed by atoms with Crippen LogP contribution in [0.1, 0.15) is 29.9 Å². The average molecular weight is 787 g/mol. The molecule has 9 nitrogen and oxygen atoms in total. The van der Waals surface area contributed by atoms with Crippen LogP contribution in [0.3, 0.4) is 0 Å². The third-order valence-corrected chi connectivity index (χ3v) is 11.9. The number of aromatic hydroxyl groups is 1. The van der Waals surface area contributed by atoms with Gasteiger partial charge in [0, 0.05) is 21.0 Å². The second-order valence-corrected chi connectivity index (χ2v) is 15.0. The third-order valence-electron chi connectivity index (χ3n) is 10.9. The van der Waals surface area contributed by atoms with E-state index >= 15 is 4.79 Å². The molecule has 0 radical (unpaired) electrons. The van der Waals surface area contributed by atoms with Crippen LogP contribution in [-0.4, -0.2) is 40.9 Å². The first-order valence-corrected chi connectivity index (χ1v) is 18.0. The number of phenolic OH excluding ortho intramolecular Hbond substituents is 1. The first kappa shape index (κ1) is 33.5. The van der Waals surface area contributed by atoms with Gasteiger partial charge >= 0.3 is 0 Å². The number of carbonyl (C=O) groups excluding carboxylic acids is 4. The number of carbonyl (C=O) groups is 4. The summed E-state index contributed by atoms with van der Waals surface area (Å²) < 4.78 is 6.10. The number of halogens is 3. The Morgan fingerprint density at radius 2 is 1.63 bits per heavy atom. The van der Waals surface area contributed by atoms with Crippen molar-refractivity contribution in [2.24, 2.45) is 23.7 Å². The van der Waals surface area contributed by atoms with Crippen LogP contribution in [0, 0.1) is 23.7 Å². The highest BCUT2D eigenvalue weighted by molar-refractivity contribution is 9.10. The zero-order valence-electron chi connectivity index (χ0n) is 27.1. The number of hydrogen-bond donors (Lipinski definition) is 2. The maximum Gasteiger partial charge on any atom is 0.260 e. The summed E-state index contributed by atoms with van der Waals surface area (Å²) in [6.45, 7) is 0. The molecule has 0 aromatic heterocycles. The molecule has 12 heteroatoms. The number of nitrogens with zero attached hydrogens (tertiary/aromatic N) is 2. The Hall–Kier alpha value is -4.64. The molecule has 4 aromatic carbocycles. The molecule has 2 aliphatic carbocycles. The minimum Gasteiger partial charge on any atom is -0.508 e. The molecule has 258 valence electrons. The van der Waals surface area contributed by atoms with E-state index in [0.29, 0.717) is 37.7 Å². The molecule has 4 amide bonds. The monoisotopic (exact) mass is 785 g/mol. The smallest absolute Gasteiger partial charge is 0.260 e. The number of phenols is 1. The van der Waals surface area contributed by atoms with Crippen molar-refractivity contribution in [3.05, 3.63) is 128 Å². The van der Waals surface area contributed by atoms with E-state index in [1.165, 1.54) is 24.1 Å². The second-order valence-electron chi connectivity index (χ2n) is 13.3. The summed E-state index contributed by atoms with van der Waals surface area (Å²) in [4.78, 5) is 59.8. The van der Waals surface area contributed by atoms with Crippen LogP contribution in [0.5, 0.6) is 11.5 Å². The van der Waals surface area contributed by atoms with E-state index in [0.717, 1.165) is 10.6 Å². The molecule has 0 unspecified atom stereocenters. The maximum atomic E-state index is 15.3. The highest BCUT2D eigenvalue weighted by Crippen LogP contribution is 2.65. The predicted molar refractivity (Wildman–Crippen MR) is 195 cm³/mol. The number of methoxy groups -OCH3 is 1. The SMILES string of the molecule is COc1ccc([C@@]23C(=O)N(Nc4ccc(Cl)cc4Cl)C(=O)[C@@H]2C[C@@H]2C(=CC[C@@H]4C(=O)N(c5ccccc5)C(=O)[C@@H]42)[C@@H]3c2cc(Br)ccc2O)cc1. The number of nitrogens with one attached hydrogen (secondary N) is 1. The summed E-state index contributed by atoms with van der Waals surface area (Å²) in [5, 5.41) is 13.2. The lowest BCUT2D eigenvalue weighted by atomic mass is 9.49. The number of fused-ring (bicyclic) bond motifs is 4. The van der Waals surface area contributed by atoms with Crippen molar-refractivity contribution in [3.63, 3.8) is 0 Å². The summed E-state index contributed by atoms with van der Waals surface area (Å²) >= 11 is 16.2. The van der Waals surface area contributed by atoms with Crippen LogP contribution in [0.15, 0.2) is 107 Å². The van der Waals surface area contributed by atoms with Crippen molar-refractivity contribution in [3.8, 4) is 11.5 Å². The zero-order chi connectivity index (χ0) is 35.8. The summed E-state index contributed by atoms with van der Waals surface area (Å²) in [7, 11) is 1.54. The molecule has 2 saturated heterocycles. The summed E-state index contributed by atoms with van der Waals surface area (Å²) in [5.74, 6) is -5.20. The van der Waals surface area contributed by atoms with E-state index in [9.17, 15) is 19.5 Å². The number of anilines is 2. The van der Waals surface area contributed by atoms with Gasteiger partial charge in [-0.15, -0.1) is 0 Å². The second kappa shape index (κ2) is 12.5. The van der Waals surface area contributed by atoms with E-state index in [1.54, 1.807) is 72.8 Å². The van der Waals surface area contributed by atoms with Crippen molar-refractivity contribution in [2.75, 3.05) is 17.4 Å². The summed E-state index contributed by atoms with van der Waals surface area (Å²) in [5.41, 5.74) is 3.82. The Morgan fingerprint density at radius 3 is 2.33 bits per heavy atom. The van der Waals surface area contributed by atoms with E-state index < -0.39 is 46.8 Å². The van der Waals surface area contributed by atoms with Gasteiger partial charge in [0.15, 0.2) is 0 Å². The molecule has 2 N–H and O–H groups in total. The number of amides is 4. The van der Waals surface area contributed by atoms with Crippen molar-refractivity contribution >= 4 is 74.1 Å². The van der Waals surface area contributed by atoms with Crippen LogP contribution in [0.25, 0.3) is 0 Å². The van der Waals surface area contributed by atoms with Crippen molar-refractivity contribution in [1.82, 2.24) is 5.01 Å². The van der Waals surface area contributed by atoms with Gasteiger partial charge in [0.25, 0.3) is 11.8 Å². The molecule has 0 spiro atoms. The maximum absolute atomic E-state index is 15.3. The minimum atomic E-state index is -1.59. The van der Waals surface area contributed by atoms with Gasteiger partial charge in [-0.2, -0.15) is 5.01 Å². The third kappa shape index (κ3) is 5.02. The Labute approximate surface area is 311 Å². The Morgan fingerprint density at radius 1 is 0.882 bits per heavy atom. The average Bonchev–Trinajstić information content (AvgIpc) is 3.51. The molecular weight excluding hydrogens is 757 g/mol. The first-order valence-electron chi connectivity index (χ1n) is 16.4. The van der Waals surface area contributed by atoms with Crippen LogP contribution >= 0.6 is 39.1 Å².